The van der Waals surface area contributed by atoms with Crippen LogP contribution in [-0.4, -0.2) is 46.3 Å². The van der Waals surface area contributed by atoms with Crippen LogP contribution in [0.3, 0.4) is 0 Å². The number of nitrogens with zero attached hydrogens (tertiary/aromatic N) is 1. The van der Waals surface area contributed by atoms with Gasteiger partial charge in [0.05, 0.1) is 6.42 Å². The van der Waals surface area contributed by atoms with Crippen molar-refractivity contribution in [2.45, 2.75) is 51.3 Å². The van der Waals surface area contributed by atoms with Gasteiger partial charge < -0.3 is 20.5 Å². The SMILES string of the molecule is CC(C)(C)OC(=O)N1C[C@@H]2C[C@H]1C2C(N)CC(=O)O. The number of aliphatic carboxylic acids is 1. The van der Waals surface area contributed by atoms with Crippen LogP contribution in [-0.2, 0) is 9.53 Å². The van der Waals surface area contributed by atoms with Gasteiger partial charge in [0.15, 0.2) is 0 Å². The molecule has 3 N–H and O–H groups in total. The fraction of sp³-hybridized carbons (Fsp3) is 0.846. The van der Waals surface area contributed by atoms with Crippen molar-refractivity contribution in [2.75, 3.05) is 6.54 Å². The zero-order chi connectivity index (χ0) is 14.4. The Morgan fingerprint density at radius 1 is 1.47 bits per heavy atom. The molecule has 3 aliphatic rings. The highest BCUT2D eigenvalue weighted by Gasteiger charge is 2.56. The number of nitrogens with two attached hydrogens (primary N) is 1. The molecule has 0 aromatic heterocycles. The van der Waals surface area contributed by atoms with Crippen molar-refractivity contribution in [1.82, 2.24) is 4.90 Å². The molecule has 0 radical (unpaired) electrons. The second-order valence-corrected chi connectivity index (χ2v) is 6.53. The monoisotopic (exact) mass is 270 g/mol. The number of carboxylic acid groups (broad SMARTS) is 1. The number of fused-ring (bicyclic) bond motifs is 1. The second kappa shape index (κ2) is 4.67. The van der Waals surface area contributed by atoms with Gasteiger partial charge in [-0.2, -0.15) is 0 Å². The number of carbonyl (C=O) groups is 2. The van der Waals surface area contributed by atoms with Crippen LogP contribution in [0.1, 0.15) is 33.6 Å². The molecule has 3 fully saturated rings. The molecule has 0 spiro atoms. The van der Waals surface area contributed by atoms with E-state index in [0.717, 1.165) is 6.42 Å². The Morgan fingerprint density at radius 2 is 2.11 bits per heavy atom. The molecular weight excluding hydrogens is 248 g/mol. The van der Waals surface area contributed by atoms with E-state index in [4.69, 9.17) is 15.6 Å². The second-order valence-electron chi connectivity index (χ2n) is 6.53. The zero-order valence-corrected chi connectivity index (χ0v) is 11.6. The average molecular weight is 270 g/mol. The summed E-state index contributed by atoms with van der Waals surface area (Å²) in [6.07, 6.45) is 0.557. The summed E-state index contributed by atoms with van der Waals surface area (Å²) in [6.45, 7) is 6.13. The van der Waals surface area contributed by atoms with Crippen LogP contribution in [0.2, 0.25) is 0 Å². The van der Waals surface area contributed by atoms with Crippen LogP contribution in [0.5, 0.6) is 0 Å². The minimum atomic E-state index is -0.886. The number of carboxylic acids is 1. The first-order chi connectivity index (χ1) is 8.69. The van der Waals surface area contributed by atoms with E-state index in [-0.39, 0.29) is 30.5 Å². The predicted molar refractivity (Wildman–Crippen MR) is 68.6 cm³/mol. The molecule has 1 amide bonds. The highest BCUT2D eigenvalue weighted by Crippen LogP contribution is 2.48. The maximum Gasteiger partial charge on any atom is 0.410 e. The quantitative estimate of drug-likeness (QED) is 0.799. The lowest BCUT2D eigenvalue weighted by molar-refractivity contribution is -0.138. The van der Waals surface area contributed by atoms with Crippen molar-refractivity contribution >= 4 is 12.1 Å². The molecule has 0 aromatic carbocycles. The van der Waals surface area contributed by atoms with E-state index in [2.05, 4.69) is 0 Å². The Balaban J connectivity index is 1.95. The van der Waals surface area contributed by atoms with Crippen LogP contribution < -0.4 is 5.73 Å². The summed E-state index contributed by atoms with van der Waals surface area (Å²) < 4.78 is 5.36. The Kier molecular flexibility index (Phi) is 3.47. The fourth-order valence-corrected chi connectivity index (χ4v) is 3.17. The molecule has 2 heterocycles. The van der Waals surface area contributed by atoms with Crippen LogP contribution in [0.15, 0.2) is 0 Å². The molecule has 2 unspecified atom stereocenters. The van der Waals surface area contributed by atoms with Crippen molar-refractivity contribution < 1.29 is 19.4 Å². The minimum absolute atomic E-state index is 0.0418. The molecule has 2 bridgehead atoms. The average Bonchev–Trinajstić information content (AvgIpc) is 2.69. The van der Waals surface area contributed by atoms with Gasteiger partial charge in [-0.1, -0.05) is 0 Å². The number of ether oxygens (including phenoxy) is 1. The van der Waals surface area contributed by atoms with Gasteiger partial charge in [-0.3, -0.25) is 4.79 Å². The molecule has 2 aliphatic heterocycles. The third-order valence-corrected chi connectivity index (χ3v) is 3.90. The van der Waals surface area contributed by atoms with Gasteiger partial charge in [-0.05, 0) is 39.0 Å². The standard InChI is InChI=1S/C13H22N2O4/c1-13(2,3)19-12(18)15-6-7-4-9(15)11(7)8(14)5-10(16)17/h7-9,11H,4-6,14H2,1-3H3,(H,16,17)/t7-,8?,9-,11?/m0/s1. The maximum atomic E-state index is 12.0. The number of hydrogen-bond donors (Lipinski definition) is 2. The number of carbonyl (C=O) groups excluding carboxylic acids is 1. The summed E-state index contributed by atoms with van der Waals surface area (Å²) in [4.78, 5) is 24.5. The van der Waals surface area contributed by atoms with Crippen molar-refractivity contribution in [2.24, 2.45) is 17.6 Å². The summed E-state index contributed by atoms with van der Waals surface area (Å²) in [5.41, 5.74) is 5.42. The minimum Gasteiger partial charge on any atom is -0.481 e. The van der Waals surface area contributed by atoms with Gasteiger partial charge in [0, 0.05) is 18.6 Å². The van der Waals surface area contributed by atoms with Gasteiger partial charge in [0.25, 0.3) is 0 Å². The summed E-state index contributed by atoms with van der Waals surface area (Å²) >= 11 is 0. The van der Waals surface area contributed by atoms with Crippen LogP contribution >= 0.6 is 0 Å². The van der Waals surface area contributed by atoms with E-state index in [1.54, 1.807) is 4.90 Å². The molecule has 4 atom stereocenters. The first kappa shape index (κ1) is 14.1. The topological polar surface area (TPSA) is 92.9 Å². The number of hydrogen-bond acceptors (Lipinski definition) is 4. The summed E-state index contributed by atoms with van der Waals surface area (Å²) in [5, 5.41) is 8.79. The van der Waals surface area contributed by atoms with E-state index in [0.29, 0.717) is 12.5 Å². The molecular formula is C13H22N2O4. The van der Waals surface area contributed by atoms with Gasteiger partial charge in [-0.15, -0.1) is 0 Å². The molecule has 6 nitrogen and oxygen atoms in total. The van der Waals surface area contributed by atoms with Crippen molar-refractivity contribution in [3.8, 4) is 0 Å². The molecule has 2 saturated heterocycles. The highest BCUT2D eigenvalue weighted by molar-refractivity contribution is 5.70. The third-order valence-electron chi connectivity index (χ3n) is 3.90. The molecule has 6 heteroatoms. The van der Waals surface area contributed by atoms with Crippen molar-refractivity contribution in [3.05, 3.63) is 0 Å². The first-order valence-corrected chi connectivity index (χ1v) is 6.66. The van der Waals surface area contributed by atoms with E-state index < -0.39 is 11.6 Å². The molecule has 1 saturated carbocycles. The molecule has 108 valence electrons. The lowest BCUT2D eigenvalue weighted by Crippen LogP contribution is -2.51. The molecule has 1 aliphatic carbocycles. The third kappa shape index (κ3) is 2.83. The van der Waals surface area contributed by atoms with Crippen LogP contribution in [0, 0.1) is 11.8 Å². The maximum absolute atomic E-state index is 12.0. The van der Waals surface area contributed by atoms with E-state index in [1.165, 1.54) is 0 Å². The largest absolute Gasteiger partial charge is 0.481 e. The lowest BCUT2D eigenvalue weighted by atomic mass is 9.69. The Bertz CT molecular complexity index is 391. The molecule has 19 heavy (non-hydrogen) atoms. The molecule has 3 rings (SSSR count). The summed E-state index contributed by atoms with van der Waals surface area (Å²) in [6, 6.07) is -0.331. The summed E-state index contributed by atoms with van der Waals surface area (Å²) in [7, 11) is 0. The summed E-state index contributed by atoms with van der Waals surface area (Å²) in [5.74, 6) is -0.460. The van der Waals surface area contributed by atoms with Gasteiger partial charge in [-0.25, -0.2) is 4.79 Å². The normalized spacial score (nSPS) is 30.7. The van der Waals surface area contributed by atoms with Gasteiger partial charge >= 0.3 is 12.1 Å². The molecule has 0 aromatic rings. The number of amides is 1. The Hall–Kier alpha value is -1.30. The van der Waals surface area contributed by atoms with E-state index in [1.807, 2.05) is 20.8 Å². The van der Waals surface area contributed by atoms with Crippen molar-refractivity contribution in [1.29, 1.82) is 0 Å². The van der Waals surface area contributed by atoms with E-state index in [9.17, 15) is 9.59 Å². The Labute approximate surface area is 112 Å². The number of rotatable bonds is 3. The lowest BCUT2D eigenvalue weighted by Gasteiger charge is -2.39. The van der Waals surface area contributed by atoms with Gasteiger partial charge in [0.1, 0.15) is 5.60 Å². The van der Waals surface area contributed by atoms with Crippen molar-refractivity contribution in [3.63, 3.8) is 0 Å². The van der Waals surface area contributed by atoms with Crippen LogP contribution in [0.25, 0.3) is 0 Å². The first-order valence-electron chi connectivity index (χ1n) is 6.66. The fourth-order valence-electron chi connectivity index (χ4n) is 3.17. The van der Waals surface area contributed by atoms with Crippen LogP contribution in [0.4, 0.5) is 4.79 Å². The predicted octanol–water partition coefficient (Wildman–Crippen LogP) is 1.04. The smallest absolute Gasteiger partial charge is 0.410 e. The highest BCUT2D eigenvalue weighted by atomic mass is 16.6. The van der Waals surface area contributed by atoms with Gasteiger partial charge in [0.2, 0.25) is 0 Å². The van der Waals surface area contributed by atoms with E-state index >= 15 is 0 Å². The Morgan fingerprint density at radius 3 is 2.63 bits per heavy atom. The zero-order valence-electron chi connectivity index (χ0n) is 11.6.